The van der Waals surface area contributed by atoms with Gasteiger partial charge in [-0.1, -0.05) is 48.5 Å². The van der Waals surface area contributed by atoms with Crippen LogP contribution in [0, 0.1) is 0 Å². The first kappa shape index (κ1) is 28.9. The summed E-state index contributed by atoms with van der Waals surface area (Å²) in [7, 11) is 0. The highest BCUT2D eigenvalue weighted by atomic mass is 16.5. The van der Waals surface area contributed by atoms with Crippen LogP contribution in [-0.2, 0) is 19.4 Å². The Labute approximate surface area is 264 Å². The van der Waals surface area contributed by atoms with Crippen molar-refractivity contribution in [1.82, 2.24) is 14.5 Å². The number of nitrogens with zero attached hydrogens (tertiary/aromatic N) is 3. The summed E-state index contributed by atoms with van der Waals surface area (Å²) in [5.74, 6) is 1.33. The Morgan fingerprint density at radius 1 is 0.804 bits per heavy atom. The Balaban J connectivity index is 1.09. The molecular weight excluding hydrogens is 578 g/mol. The molecule has 0 amide bonds. The molecule has 0 radical (unpaired) electrons. The van der Waals surface area contributed by atoms with Crippen molar-refractivity contribution in [2.24, 2.45) is 0 Å². The van der Waals surface area contributed by atoms with E-state index in [4.69, 9.17) is 9.47 Å². The predicted octanol–water partition coefficient (Wildman–Crippen LogP) is 7.10. The van der Waals surface area contributed by atoms with E-state index < -0.39 is 11.3 Å². The molecule has 0 fully saturated rings. The van der Waals surface area contributed by atoms with Crippen LogP contribution >= 0.6 is 0 Å². The SMILES string of the molecule is O=C1CCCc2c1cc(C(=O)Cc1ccc(Oc3ccnc4cc(OCc5ccccc5)ccc34)cn1)c(=O)n2-c1ccccc1. The summed E-state index contributed by atoms with van der Waals surface area (Å²) in [4.78, 5) is 48.9. The van der Waals surface area contributed by atoms with E-state index in [1.807, 2.05) is 66.7 Å². The number of Topliss-reactive ketones (excluding diaryl/α,β-unsaturated/α-hetero) is 2. The first-order chi connectivity index (χ1) is 22.5. The van der Waals surface area contributed by atoms with Crippen LogP contribution in [0.3, 0.4) is 0 Å². The first-order valence-corrected chi connectivity index (χ1v) is 15.1. The van der Waals surface area contributed by atoms with Crippen LogP contribution < -0.4 is 15.0 Å². The number of fused-ring (bicyclic) bond motifs is 2. The monoisotopic (exact) mass is 607 g/mol. The molecule has 3 aromatic heterocycles. The molecule has 8 nitrogen and oxygen atoms in total. The molecule has 1 aliphatic rings. The molecule has 8 heteroatoms. The van der Waals surface area contributed by atoms with Crippen LogP contribution in [0.1, 0.15) is 50.5 Å². The van der Waals surface area contributed by atoms with Crippen LogP contribution in [-0.4, -0.2) is 26.1 Å². The minimum Gasteiger partial charge on any atom is -0.489 e. The maximum atomic E-state index is 13.6. The standard InChI is InChI=1S/C38H29N3O5/c42-35-13-7-12-34-31(35)22-32(38(44)41(34)27-10-5-2-6-11-27)36(43)20-26-14-15-29(23-40-26)46-37-18-19-39-33-21-28(16-17-30(33)37)45-24-25-8-3-1-4-9-25/h1-6,8-11,14-19,21-23H,7,12-13,20,24H2. The summed E-state index contributed by atoms with van der Waals surface area (Å²) in [6.07, 6.45) is 4.78. The number of rotatable bonds is 9. The van der Waals surface area contributed by atoms with Crippen molar-refractivity contribution in [1.29, 1.82) is 0 Å². The van der Waals surface area contributed by atoms with Gasteiger partial charge in [0.2, 0.25) is 0 Å². The summed E-state index contributed by atoms with van der Waals surface area (Å²) in [5.41, 5.74) is 3.56. The minimum atomic E-state index is -0.428. The molecule has 226 valence electrons. The molecule has 0 saturated carbocycles. The molecule has 3 heterocycles. The number of hydrogen-bond acceptors (Lipinski definition) is 7. The van der Waals surface area contributed by atoms with Gasteiger partial charge in [-0.05, 0) is 66.9 Å². The highest BCUT2D eigenvalue weighted by Crippen LogP contribution is 2.31. The van der Waals surface area contributed by atoms with Crippen molar-refractivity contribution < 1.29 is 19.1 Å². The van der Waals surface area contributed by atoms with E-state index in [-0.39, 0.29) is 17.8 Å². The van der Waals surface area contributed by atoms with E-state index in [9.17, 15) is 14.4 Å². The predicted molar refractivity (Wildman–Crippen MR) is 174 cm³/mol. The van der Waals surface area contributed by atoms with Crippen molar-refractivity contribution >= 4 is 22.5 Å². The van der Waals surface area contributed by atoms with Crippen LogP contribution in [0.5, 0.6) is 17.2 Å². The van der Waals surface area contributed by atoms with Crippen LogP contribution in [0.2, 0.25) is 0 Å². The lowest BCUT2D eigenvalue weighted by Gasteiger charge is -2.21. The molecular formula is C38H29N3O5. The Kier molecular flexibility index (Phi) is 7.91. The number of carbonyl (C=O) groups is 2. The van der Waals surface area contributed by atoms with Crippen molar-refractivity contribution in [3.63, 3.8) is 0 Å². The van der Waals surface area contributed by atoms with E-state index in [0.717, 1.165) is 16.5 Å². The lowest BCUT2D eigenvalue weighted by molar-refractivity contribution is 0.0971. The average molecular weight is 608 g/mol. The fraction of sp³-hybridized carbons (Fsp3) is 0.132. The molecule has 7 rings (SSSR count). The van der Waals surface area contributed by atoms with Crippen molar-refractivity contribution in [3.05, 3.63) is 154 Å². The summed E-state index contributed by atoms with van der Waals surface area (Å²) >= 11 is 0. The normalized spacial score (nSPS) is 12.5. The van der Waals surface area contributed by atoms with Gasteiger partial charge in [-0.3, -0.25) is 28.9 Å². The topological polar surface area (TPSA) is 100 Å². The number of benzene rings is 3. The van der Waals surface area contributed by atoms with Gasteiger partial charge in [-0.25, -0.2) is 0 Å². The lowest BCUT2D eigenvalue weighted by atomic mass is 9.91. The number of ether oxygens (including phenoxy) is 2. The molecule has 0 aliphatic heterocycles. The number of aromatic nitrogens is 3. The third kappa shape index (κ3) is 5.93. The van der Waals surface area contributed by atoms with Crippen LogP contribution in [0.4, 0.5) is 0 Å². The fourth-order valence-corrected chi connectivity index (χ4v) is 5.73. The minimum absolute atomic E-state index is 0.0182. The van der Waals surface area contributed by atoms with Gasteiger partial charge in [-0.15, -0.1) is 0 Å². The zero-order valence-electron chi connectivity index (χ0n) is 24.9. The maximum absolute atomic E-state index is 13.6. The Bertz CT molecular complexity index is 2130. The number of hydrogen-bond donors (Lipinski definition) is 0. The summed E-state index contributed by atoms with van der Waals surface area (Å²) < 4.78 is 13.6. The van der Waals surface area contributed by atoms with Gasteiger partial charge < -0.3 is 9.47 Å². The Morgan fingerprint density at radius 2 is 1.59 bits per heavy atom. The number of para-hydroxylation sites is 1. The van der Waals surface area contributed by atoms with E-state index in [1.165, 1.54) is 10.6 Å². The number of ketones is 2. The molecule has 46 heavy (non-hydrogen) atoms. The molecule has 0 bridgehead atoms. The van der Waals surface area contributed by atoms with Crippen molar-refractivity contribution in [2.45, 2.75) is 32.3 Å². The Hall–Kier alpha value is -5.89. The highest BCUT2D eigenvalue weighted by molar-refractivity contribution is 6.03. The molecule has 0 atom stereocenters. The van der Waals surface area contributed by atoms with E-state index in [1.54, 1.807) is 42.7 Å². The van der Waals surface area contributed by atoms with Gasteiger partial charge in [0, 0.05) is 46.7 Å². The third-order valence-electron chi connectivity index (χ3n) is 8.03. The smallest absolute Gasteiger partial charge is 0.266 e. The van der Waals surface area contributed by atoms with Crippen LogP contribution in [0.15, 0.2) is 120 Å². The largest absolute Gasteiger partial charge is 0.489 e. The Morgan fingerprint density at radius 3 is 2.37 bits per heavy atom. The average Bonchev–Trinajstić information content (AvgIpc) is 3.09. The molecule has 3 aromatic carbocycles. The molecule has 6 aromatic rings. The molecule has 0 N–H and O–H groups in total. The van der Waals surface area contributed by atoms with E-state index in [0.29, 0.717) is 65.8 Å². The van der Waals surface area contributed by atoms with Gasteiger partial charge >= 0.3 is 0 Å². The van der Waals surface area contributed by atoms with Crippen LogP contribution in [0.25, 0.3) is 16.6 Å². The quantitative estimate of drug-likeness (QED) is 0.162. The van der Waals surface area contributed by atoms with Gasteiger partial charge in [0.25, 0.3) is 5.56 Å². The zero-order valence-corrected chi connectivity index (χ0v) is 24.9. The summed E-state index contributed by atoms with van der Waals surface area (Å²) in [5, 5.41) is 0.811. The molecule has 0 spiro atoms. The van der Waals surface area contributed by atoms with Gasteiger partial charge in [0.05, 0.1) is 23.7 Å². The maximum Gasteiger partial charge on any atom is 0.266 e. The second-order valence-electron chi connectivity index (χ2n) is 11.1. The van der Waals surface area contributed by atoms with Crippen molar-refractivity contribution in [2.75, 3.05) is 0 Å². The zero-order chi connectivity index (χ0) is 31.5. The number of carbonyl (C=O) groups excluding carboxylic acids is 2. The lowest BCUT2D eigenvalue weighted by Crippen LogP contribution is -2.32. The first-order valence-electron chi connectivity index (χ1n) is 15.1. The van der Waals surface area contributed by atoms with E-state index in [2.05, 4.69) is 9.97 Å². The third-order valence-corrected chi connectivity index (χ3v) is 8.03. The summed E-state index contributed by atoms with van der Waals surface area (Å²) in [6.45, 7) is 0.455. The van der Waals surface area contributed by atoms with Gasteiger partial charge in [-0.2, -0.15) is 0 Å². The second-order valence-corrected chi connectivity index (χ2v) is 11.1. The number of pyridine rings is 3. The molecule has 0 saturated heterocycles. The molecule has 1 aliphatic carbocycles. The van der Waals surface area contributed by atoms with Crippen molar-refractivity contribution in [3.8, 4) is 22.9 Å². The second kappa shape index (κ2) is 12.6. The van der Waals surface area contributed by atoms with Gasteiger partial charge in [0.1, 0.15) is 23.9 Å². The van der Waals surface area contributed by atoms with E-state index >= 15 is 0 Å². The fourth-order valence-electron chi connectivity index (χ4n) is 5.73. The molecule has 0 unspecified atom stereocenters. The van der Waals surface area contributed by atoms with Gasteiger partial charge in [0.15, 0.2) is 11.6 Å². The highest BCUT2D eigenvalue weighted by Gasteiger charge is 2.26. The summed E-state index contributed by atoms with van der Waals surface area (Å²) in [6, 6.07) is 31.4.